The van der Waals surface area contributed by atoms with Crippen molar-refractivity contribution in [2.24, 2.45) is 0 Å². The van der Waals surface area contributed by atoms with Crippen molar-refractivity contribution in [2.75, 3.05) is 0 Å². The molecule has 0 aliphatic rings. The predicted molar refractivity (Wildman–Crippen MR) is 92.4 cm³/mol. The van der Waals surface area contributed by atoms with Crippen LogP contribution in [0.4, 0.5) is 30.7 Å². The van der Waals surface area contributed by atoms with Crippen LogP contribution in [0.2, 0.25) is 0 Å². The molecular formula is C19H13F7N2O2. The van der Waals surface area contributed by atoms with E-state index in [0.717, 1.165) is 0 Å². The summed E-state index contributed by atoms with van der Waals surface area (Å²) in [7, 11) is 0. The summed E-state index contributed by atoms with van der Waals surface area (Å²) in [4.78, 5) is 23.7. The molecule has 0 saturated carbocycles. The largest absolute Gasteiger partial charge is 0.460 e. The second-order valence-corrected chi connectivity index (χ2v) is 5.88. The minimum Gasteiger partial charge on any atom is -0.298 e. The Morgan fingerprint density at radius 2 is 1.17 bits per heavy atom. The molecule has 0 aliphatic heterocycles. The van der Waals surface area contributed by atoms with Crippen molar-refractivity contribution in [1.82, 2.24) is 10.9 Å². The Kier molecular flexibility index (Phi) is 6.53. The van der Waals surface area contributed by atoms with Crippen LogP contribution in [0.25, 0.3) is 5.70 Å². The number of benzene rings is 2. The van der Waals surface area contributed by atoms with Crippen LogP contribution in [0, 0.1) is 0 Å². The van der Waals surface area contributed by atoms with E-state index in [0.29, 0.717) is 0 Å². The maximum Gasteiger partial charge on any atom is 0.460 e. The number of hydrogen-bond acceptors (Lipinski definition) is 3. The Bertz CT molecular complexity index is 927. The highest BCUT2D eigenvalue weighted by atomic mass is 19.4. The third-order valence-corrected chi connectivity index (χ3v) is 3.77. The van der Waals surface area contributed by atoms with Crippen molar-refractivity contribution in [1.29, 1.82) is 0 Å². The number of hydrogen-bond donors (Lipinski definition) is 2. The lowest BCUT2D eigenvalue weighted by atomic mass is 10.0. The minimum atomic E-state index is -6.65. The van der Waals surface area contributed by atoms with Gasteiger partial charge in [-0.15, -0.1) is 0 Å². The van der Waals surface area contributed by atoms with E-state index in [-0.39, 0.29) is 17.2 Å². The van der Waals surface area contributed by atoms with Crippen molar-refractivity contribution >= 4 is 17.4 Å². The van der Waals surface area contributed by atoms with Crippen LogP contribution in [0.15, 0.2) is 66.7 Å². The van der Waals surface area contributed by atoms with Crippen LogP contribution >= 0.6 is 0 Å². The molecule has 2 aromatic rings. The van der Waals surface area contributed by atoms with E-state index >= 15 is 0 Å². The van der Waals surface area contributed by atoms with Crippen LogP contribution in [-0.2, 0) is 4.79 Å². The van der Waals surface area contributed by atoms with E-state index in [1.54, 1.807) is 6.07 Å². The van der Waals surface area contributed by atoms with E-state index in [1.807, 2.05) is 0 Å². The van der Waals surface area contributed by atoms with Crippen molar-refractivity contribution in [3.05, 3.63) is 77.9 Å². The highest BCUT2D eigenvalue weighted by molar-refractivity contribution is 6.02. The minimum absolute atomic E-state index is 0.0367. The molecule has 0 heterocycles. The molecule has 0 bridgehead atoms. The first-order chi connectivity index (χ1) is 13.9. The average molecular weight is 434 g/mol. The first-order valence-electron chi connectivity index (χ1n) is 8.13. The van der Waals surface area contributed by atoms with Crippen LogP contribution in [-0.4, -0.2) is 29.7 Å². The van der Waals surface area contributed by atoms with Gasteiger partial charge in [0.15, 0.2) is 0 Å². The topological polar surface area (TPSA) is 58.2 Å². The normalized spacial score (nSPS) is 13.0. The van der Waals surface area contributed by atoms with Gasteiger partial charge in [-0.2, -0.15) is 30.7 Å². The number of nitrogens with one attached hydrogen (secondary N) is 2. The van der Waals surface area contributed by atoms with Gasteiger partial charge in [-0.3, -0.25) is 20.4 Å². The second kappa shape index (κ2) is 8.56. The standard InChI is InChI=1S/C19H13F7N2O2/c20-17(21,18(22,23)19(24,25)26)15(29)11-14(12-7-3-1-4-8-12)27-28-16(30)13-9-5-2-6-10-13/h1-11,27H,(H,28,30)/b14-11-. The summed E-state index contributed by atoms with van der Waals surface area (Å²) in [5.41, 5.74) is 3.63. The number of allylic oxidation sites excluding steroid dienone is 1. The molecule has 2 rings (SSSR count). The molecule has 1 amide bonds. The van der Waals surface area contributed by atoms with E-state index < -0.39 is 35.4 Å². The van der Waals surface area contributed by atoms with Gasteiger partial charge in [0.2, 0.25) is 5.78 Å². The van der Waals surface area contributed by atoms with Gasteiger partial charge in [-0.25, -0.2) is 0 Å². The van der Waals surface area contributed by atoms with Gasteiger partial charge in [0.05, 0.1) is 5.70 Å². The van der Waals surface area contributed by atoms with Crippen LogP contribution in [0.3, 0.4) is 0 Å². The van der Waals surface area contributed by atoms with E-state index in [2.05, 4.69) is 10.9 Å². The molecule has 0 unspecified atom stereocenters. The highest BCUT2D eigenvalue weighted by Crippen LogP contribution is 2.47. The maximum atomic E-state index is 13.7. The summed E-state index contributed by atoms with van der Waals surface area (Å²) in [6.07, 6.45) is -6.78. The number of halogens is 7. The van der Waals surface area contributed by atoms with Crippen molar-refractivity contribution in [3.8, 4) is 0 Å². The molecule has 0 atom stereocenters. The van der Waals surface area contributed by atoms with Crippen molar-refractivity contribution in [2.45, 2.75) is 18.0 Å². The van der Waals surface area contributed by atoms with Crippen LogP contribution < -0.4 is 10.9 Å². The monoisotopic (exact) mass is 434 g/mol. The predicted octanol–water partition coefficient (Wildman–Crippen LogP) is 4.36. The van der Waals surface area contributed by atoms with Gasteiger partial charge in [0.25, 0.3) is 5.91 Å². The molecule has 30 heavy (non-hydrogen) atoms. The van der Waals surface area contributed by atoms with E-state index in [9.17, 15) is 40.3 Å². The Labute approximate surface area is 165 Å². The number of hydrazine groups is 1. The lowest BCUT2D eigenvalue weighted by Gasteiger charge is -2.26. The third-order valence-electron chi connectivity index (χ3n) is 3.77. The number of alkyl halides is 7. The number of rotatable bonds is 7. The first kappa shape index (κ1) is 22.9. The van der Waals surface area contributed by atoms with Gasteiger partial charge < -0.3 is 0 Å². The smallest absolute Gasteiger partial charge is 0.298 e. The summed E-state index contributed by atoms with van der Waals surface area (Å²) in [6, 6.07) is 14.2. The molecule has 0 fully saturated rings. The number of ketones is 1. The summed E-state index contributed by atoms with van der Waals surface area (Å²) in [5.74, 6) is -16.2. The lowest BCUT2D eigenvalue weighted by Crippen LogP contribution is -2.55. The molecule has 160 valence electrons. The Morgan fingerprint density at radius 3 is 1.63 bits per heavy atom. The van der Waals surface area contributed by atoms with Gasteiger partial charge in [-0.05, 0) is 17.7 Å². The zero-order valence-electron chi connectivity index (χ0n) is 14.8. The fourth-order valence-electron chi connectivity index (χ4n) is 2.15. The summed E-state index contributed by atoms with van der Waals surface area (Å²) in [6.45, 7) is 0. The van der Waals surface area contributed by atoms with E-state index in [1.165, 1.54) is 54.6 Å². The molecule has 0 spiro atoms. The molecule has 2 N–H and O–H groups in total. The van der Waals surface area contributed by atoms with E-state index in [4.69, 9.17) is 0 Å². The summed E-state index contributed by atoms with van der Waals surface area (Å²) >= 11 is 0. The second-order valence-electron chi connectivity index (χ2n) is 5.88. The van der Waals surface area contributed by atoms with Crippen LogP contribution in [0.1, 0.15) is 15.9 Å². The summed E-state index contributed by atoms with van der Waals surface area (Å²) < 4.78 is 90.5. The Balaban J connectivity index is 2.34. The molecule has 0 radical (unpaired) electrons. The molecular weight excluding hydrogens is 421 g/mol. The first-order valence-corrected chi connectivity index (χ1v) is 8.13. The highest BCUT2D eigenvalue weighted by Gasteiger charge is 2.75. The van der Waals surface area contributed by atoms with Gasteiger partial charge in [-0.1, -0.05) is 48.5 Å². The zero-order chi connectivity index (χ0) is 22.6. The summed E-state index contributed by atoms with van der Waals surface area (Å²) in [5, 5.41) is 0. The maximum absolute atomic E-state index is 13.7. The molecule has 4 nitrogen and oxygen atoms in total. The molecule has 0 aliphatic carbocycles. The third kappa shape index (κ3) is 4.78. The average Bonchev–Trinajstić information content (AvgIpc) is 2.70. The number of carbonyl (C=O) groups excluding carboxylic acids is 2. The van der Waals surface area contributed by atoms with Crippen molar-refractivity contribution < 1.29 is 40.3 Å². The number of amides is 1. The van der Waals surface area contributed by atoms with Gasteiger partial charge in [0, 0.05) is 11.6 Å². The van der Waals surface area contributed by atoms with Gasteiger partial charge >= 0.3 is 18.0 Å². The fraction of sp³-hybridized carbons (Fsp3) is 0.158. The van der Waals surface area contributed by atoms with Crippen LogP contribution in [0.5, 0.6) is 0 Å². The molecule has 11 heteroatoms. The Morgan fingerprint density at radius 1 is 0.700 bits per heavy atom. The Hall–Kier alpha value is -3.37. The fourth-order valence-corrected chi connectivity index (χ4v) is 2.15. The molecule has 2 aromatic carbocycles. The molecule has 0 aromatic heterocycles. The zero-order valence-corrected chi connectivity index (χ0v) is 14.8. The van der Waals surface area contributed by atoms with Gasteiger partial charge in [0.1, 0.15) is 0 Å². The SMILES string of the molecule is O=C(NN/C(=C\C(=O)C(F)(F)C(F)(F)C(F)(F)F)c1ccccc1)c1ccccc1. The molecule has 0 saturated heterocycles. The quantitative estimate of drug-likeness (QED) is 0.387. The number of carbonyl (C=O) groups is 2. The van der Waals surface area contributed by atoms with Crippen molar-refractivity contribution in [3.63, 3.8) is 0 Å². The lowest BCUT2D eigenvalue weighted by molar-refractivity contribution is -0.342.